The number of hydrogen-bond donors (Lipinski definition) is 2. The normalized spacial score (nSPS) is 12.6. The van der Waals surface area contributed by atoms with Gasteiger partial charge in [-0.2, -0.15) is 0 Å². The second-order valence-corrected chi connectivity index (χ2v) is 3.25. The fraction of sp³-hybridized carbons (Fsp3) is 0.333. The molecule has 1 rings (SSSR count). The van der Waals surface area contributed by atoms with Crippen LogP contribution in [-0.2, 0) is 0 Å². The van der Waals surface area contributed by atoms with Crippen molar-refractivity contribution in [2.24, 2.45) is 11.5 Å². The van der Waals surface area contributed by atoms with Crippen LogP contribution in [0.5, 0.6) is 5.75 Å². The van der Waals surface area contributed by atoms with E-state index in [0.29, 0.717) is 11.3 Å². The van der Waals surface area contributed by atoms with Crippen LogP contribution in [0, 0.1) is 5.82 Å². The van der Waals surface area contributed by atoms with Crippen LogP contribution in [0.4, 0.5) is 4.39 Å². The molecule has 1 unspecified atom stereocenters. The number of hydrogen-bond acceptors (Lipinski definition) is 3. The van der Waals surface area contributed by atoms with E-state index in [1.165, 1.54) is 19.2 Å². The summed E-state index contributed by atoms with van der Waals surface area (Å²) in [6.45, 7) is 0.224. The quantitative estimate of drug-likeness (QED) is 0.807. The smallest absolute Gasteiger partial charge is 0.128 e. The van der Waals surface area contributed by atoms with Crippen molar-refractivity contribution in [3.8, 4) is 5.75 Å². The second-order valence-electron chi connectivity index (χ2n) is 2.85. The molecular weight excluding hydrogens is 207 g/mol. The van der Waals surface area contributed by atoms with E-state index in [2.05, 4.69) is 0 Å². The van der Waals surface area contributed by atoms with Crippen molar-refractivity contribution >= 4 is 11.6 Å². The first kappa shape index (κ1) is 11.2. The van der Waals surface area contributed by atoms with Crippen LogP contribution in [0.3, 0.4) is 0 Å². The van der Waals surface area contributed by atoms with Crippen molar-refractivity contribution in [1.29, 1.82) is 0 Å². The van der Waals surface area contributed by atoms with Crippen LogP contribution >= 0.6 is 11.6 Å². The van der Waals surface area contributed by atoms with Crippen LogP contribution in [0.25, 0.3) is 0 Å². The van der Waals surface area contributed by atoms with Crippen LogP contribution in [0.1, 0.15) is 11.6 Å². The predicted molar refractivity (Wildman–Crippen MR) is 53.9 cm³/mol. The van der Waals surface area contributed by atoms with E-state index in [4.69, 9.17) is 27.8 Å². The number of benzene rings is 1. The number of ether oxygens (including phenoxy) is 1. The van der Waals surface area contributed by atoms with Gasteiger partial charge in [-0.05, 0) is 6.07 Å². The van der Waals surface area contributed by atoms with Gasteiger partial charge in [-0.3, -0.25) is 0 Å². The largest absolute Gasteiger partial charge is 0.496 e. The highest BCUT2D eigenvalue weighted by Gasteiger charge is 2.16. The molecule has 0 fully saturated rings. The zero-order valence-electron chi connectivity index (χ0n) is 7.76. The van der Waals surface area contributed by atoms with Crippen LogP contribution in [0.2, 0.25) is 5.02 Å². The summed E-state index contributed by atoms with van der Waals surface area (Å²) < 4.78 is 17.9. The van der Waals surface area contributed by atoms with Gasteiger partial charge in [0, 0.05) is 24.2 Å². The average molecular weight is 219 g/mol. The van der Waals surface area contributed by atoms with Crippen molar-refractivity contribution in [2.75, 3.05) is 13.7 Å². The second kappa shape index (κ2) is 4.59. The third-order valence-corrected chi connectivity index (χ3v) is 2.21. The van der Waals surface area contributed by atoms with Crippen molar-refractivity contribution in [1.82, 2.24) is 0 Å². The highest BCUT2D eigenvalue weighted by molar-refractivity contribution is 6.31. The fourth-order valence-corrected chi connectivity index (χ4v) is 1.55. The molecule has 3 nitrogen and oxygen atoms in total. The molecule has 1 atom stereocenters. The minimum atomic E-state index is -0.458. The molecule has 0 bridgehead atoms. The first-order valence-corrected chi connectivity index (χ1v) is 4.46. The van der Waals surface area contributed by atoms with Crippen LogP contribution in [0.15, 0.2) is 12.1 Å². The predicted octanol–water partition coefficient (Wildman–Crippen LogP) is 1.45. The van der Waals surface area contributed by atoms with Crippen molar-refractivity contribution in [3.05, 3.63) is 28.5 Å². The lowest BCUT2D eigenvalue weighted by molar-refractivity contribution is 0.402. The molecule has 0 aliphatic carbocycles. The Morgan fingerprint density at radius 2 is 2.21 bits per heavy atom. The lowest BCUT2D eigenvalue weighted by atomic mass is 10.1. The Morgan fingerprint density at radius 1 is 1.57 bits per heavy atom. The highest BCUT2D eigenvalue weighted by atomic mass is 35.5. The molecule has 78 valence electrons. The maximum Gasteiger partial charge on any atom is 0.128 e. The molecule has 1 aromatic carbocycles. The van der Waals surface area contributed by atoms with Gasteiger partial charge in [0.25, 0.3) is 0 Å². The van der Waals surface area contributed by atoms with E-state index in [-0.39, 0.29) is 11.6 Å². The molecule has 1 aromatic rings. The van der Waals surface area contributed by atoms with Crippen molar-refractivity contribution in [3.63, 3.8) is 0 Å². The highest BCUT2D eigenvalue weighted by Crippen LogP contribution is 2.31. The Morgan fingerprint density at radius 3 is 2.71 bits per heavy atom. The van der Waals surface area contributed by atoms with Gasteiger partial charge in [0.05, 0.1) is 12.1 Å². The first-order valence-electron chi connectivity index (χ1n) is 4.08. The lowest BCUT2D eigenvalue weighted by Gasteiger charge is -2.15. The third kappa shape index (κ3) is 2.15. The molecule has 5 heteroatoms. The molecule has 0 aromatic heterocycles. The monoisotopic (exact) mass is 218 g/mol. The maximum absolute atomic E-state index is 12.9. The molecular formula is C9H12ClFN2O. The number of rotatable bonds is 3. The molecule has 0 saturated carbocycles. The summed E-state index contributed by atoms with van der Waals surface area (Å²) in [5, 5.41) is 0.236. The molecule has 0 spiro atoms. The molecule has 0 amide bonds. The van der Waals surface area contributed by atoms with Gasteiger partial charge in [0.2, 0.25) is 0 Å². The van der Waals surface area contributed by atoms with E-state index < -0.39 is 11.9 Å². The first-order chi connectivity index (χ1) is 6.60. The topological polar surface area (TPSA) is 61.3 Å². The maximum atomic E-state index is 12.9. The van der Waals surface area contributed by atoms with Gasteiger partial charge in [-0.1, -0.05) is 11.6 Å². The van der Waals surface area contributed by atoms with Gasteiger partial charge in [-0.15, -0.1) is 0 Å². The summed E-state index contributed by atoms with van der Waals surface area (Å²) >= 11 is 5.83. The number of halogens is 2. The van der Waals surface area contributed by atoms with Gasteiger partial charge in [0.15, 0.2) is 0 Å². The summed E-state index contributed by atoms with van der Waals surface area (Å²) in [7, 11) is 1.43. The lowest BCUT2D eigenvalue weighted by Crippen LogP contribution is -2.21. The van der Waals surface area contributed by atoms with E-state index in [0.717, 1.165) is 0 Å². The summed E-state index contributed by atoms with van der Waals surface area (Å²) in [5.74, 6) is -0.132. The molecule has 0 aliphatic rings. The Labute approximate surface area is 86.8 Å². The molecule has 0 saturated heterocycles. The van der Waals surface area contributed by atoms with E-state index in [1.54, 1.807) is 0 Å². The van der Waals surface area contributed by atoms with E-state index in [1.807, 2.05) is 0 Å². The fourth-order valence-electron chi connectivity index (χ4n) is 1.21. The minimum Gasteiger partial charge on any atom is -0.496 e. The summed E-state index contributed by atoms with van der Waals surface area (Å²) in [6.07, 6.45) is 0. The summed E-state index contributed by atoms with van der Waals surface area (Å²) in [5.41, 5.74) is 11.7. The Kier molecular flexibility index (Phi) is 3.69. The van der Waals surface area contributed by atoms with Gasteiger partial charge < -0.3 is 16.2 Å². The Bertz CT molecular complexity index is 333. The summed E-state index contributed by atoms with van der Waals surface area (Å²) in [4.78, 5) is 0. The molecule has 0 aliphatic heterocycles. The van der Waals surface area contributed by atoms with Crippen LogP contribution in [-0.4, -0.2) is 13.7 Å². The number of methoxy groups -OCH3 is 1. The minimum absolute atomic E-state index is 0.224. The van der Waals surface area contributed by atoms with Crippen molar-refractivity contribution < 1.29 is 9.13 Å². The average Bonchev–Trinajstić information content (AvgIpc) is 2.15. The molecule has 14 heavy (non-hydrogen) atoms. The van der Waals surface area contributed by atoms with E-state index in [9.17, 15) is 4.39 Å². The molecule has 0 radical (unpaired) electrons. The van der Waals surface area contributed by atoms with Gasteiger partial charge >= 0.3 is 0 Å². The number of nitrogens with two attached hydrogens (primary N) is 2. The van der Waals surface area contributed by atoms with Crippen LogP contribution < -0.4 is 16.2 Å². The SMILES string of the molecule is COc1cc(F)cc(Cl)c1C(N)CN. The van der Waals surface area contributed by atoms with Gasteiger partial charge in [-0.25, -0.2) is 4.39 Å². The Hall–Kier alpha value is -0.840. The zero-order chi connectivity index (χ0) is 10.7. The third-order valence-electron chi connectivity index (χ3n) is 1.90. The summed E-state index contributed by atoms with van der Waals surface area (Å²) in [6, 6.07) is 1.98. The molecule has 0 heterocycles. The Balaban J connectivity index is 3.24. The van der Waals surface area contributed by atoms with Gasteiger partial charge in [0.1, 0.15) is 11.6 Å². The zero-order valence-corrected chi connectivity index (χ0v) is 8.51. The van der Waals surface area contributed by atoms with Crippen molar-refractivity contribution in [2.45, 2.75) is 6.04 Å². The van der Waals surface area contributed by atoms with E-state index >= 15 is 0 Å². The molecule has 4 N–H and O–H groups in total. The standard InChI is InChI=1S/C9H12ClFN2O/c1-14-8-3-5(11)2-6(10)9(8)7(13)4-12/h2-3,7H,4,12-13H2,1H3.